The van der Waals surface area contributed by atoms with Gasteiger partial charge in [0.15, 0.2) is 0 Å². The van der Waals surface area contributed by atoms with Crippen LogP contribution in [0.1, 0.15) is 18.9 Å². The standard InChI is InChI=1S/C14H18N4O5S2/c1-22-11(19)3-9(4-12(20)23-2)18-6-8(5-15-18)16-13(21)10-7-25-14(24)17-10/h5-6,9-10H,3-4,7H2,1-2H3,(H,16,21)(H,17,24). The Labute approximate surface area is 153 Å². The topological polar surface area (TPSA) is 112 Å². The molecule has 25 heavy (non-hydrogen) atoms. The molecule has 0 saturated carbocycles. The summed E-state index contributed by atoms with van der Waals surface area (Å²) < 4.78 is 11.3. The van der Waals surface area contributed by atoms with E-state index in [1.165, 1.54) is 36.9 Å². The Morgan fingerprint density at radius 2 is 2.04 bits per heavy atom. The Morgan fingerprint density at radius 3 is 2.56 bits per heavy atom. The smallest absolute Gasteiger partial charge is 0.307 e. The predicted octanol–water partition coefficient (Wildman–Crippen LogP) is 0.479. The second-order valence-electron chi connectivity index (χ2n) is 5.21. The van der Waals surface area contributed by atoms with E-state index in [0.717, 1.165) is 0 Å². The summed E-state index contributed by atoms with van der Waals surface area (Å²) in [6.45, 7) is 0. The van der Waals surface area contributed by atoms with E-state index in [9.17, 15) is 14.4 Å². The van der Waals surface area contributed by atoms with E-state index in [2.05, 4.69) is 25.2 Å². The highest BCUT2D eigenvalue weighted by Crippen LogP contribution is 2.20. The van der Waals surface area contributed by atoms with Gasteiger partial charge in [-0.25, -0.2) is 0 Å². The highest BCUT2D eigenvalue weighted by atomic mass is 32.2. The van der Waals surface area contributed by atoms with Crippen molar-refractivity contribution in [3.05, 3.63) is 12.4 Å². The summed E-state index contributed by atoms with van der Waals surface area (Å²) in [5, 5.41) is 9.75. The quantitative estimate of drug-likeness (QED) is 0.510. The Bertz CT molecular complexity index is 660. The molecule has 1 aliphatic heterocycles. The number of aromatic nitrogens is 2. The molecular formula is C14H18N4O5S2. The van der Waals surface area contributed by atoms with Gasteiger partial charge >= 0.3 is 11.9 Å². The van der Waals surface area contributed by atoms with Crippen LogP contribution in [-0.2, 0) is 23.9 Å². The lowest BCUT2D eigenvalue weighted by Crippen LogP contribution is -2.38. The number of ether oxygens (including phenoxy) is 2. The van der Waals surface area contributed by atoms with Crippen molar-refractivity contribution in [2.75, 3.05) is 25.3 Å². The molecule has 11 heteroatoms. The normalized spacial score (nSPS) is 16.4. The Balaban J connectivity index is 2.04. The summed E-state index contributed by atoms with van der Waals surface area (Å²) in [7, 11) is 2.53. The minimum absolute atomic E-state index is 0.0459. The zero-order valence-electron chi connectivity index (χ0n) is 13.7. The van der Waals surface area contributed by atoms with Crippen LogP contribution in [0.4, 0.5) is 5.69 Å². The average molecular weight is 386 g/mol. The van der Waals surface area contributed by atoms with Gasteiger partial charge in [0.05, 0.1) is 45.0 Å². The molecule has 2 N–H and O–H groups in total. The third kappa shape index (κ3) is 5.43. The molecule has 0 aromatic carbocycles. The van der Waals surface area contributed by atoms with Crippen LogP contribution in [0.3, 0.4) is 0 Å². The number of amides is 1. The molecule has 2 rings (SSSR count). The fraction of sp³-hybridized carbons (Fsp3) is 0.500. The number of hydrogen-bond acceptors (Lipinski definition) is 8. The fourth-order valence-corrected chi connectivity index (χ4v) is 3.29. The van der Waals surface area contributed by atoms with E-state index in [4.69, 9.17) is 12.2 Å². The van der Waals surface area contributed by atoms with Crippen LogP contribution in [0.25, 0.3) is 0 Å². The second-order valence-corrected chi connectivity index (χ2v) is 6.90. The number of methoxy groups -OCH3 is 2. The average Bonchev–Trinajstić information content (AvgIpc) is 3.23. The maximum Gasteiger partial charge on any atom is 0.307 e. The van der Waals surface area contributed by atoms with Gasteiger partial charge in [0, 0.05) is 11.9 Å². The number of anilines is 1. The molecule has 1 amide bonds. The number of thiocarbonyl (C=S) groups is 1. The molecule has 1 unspecified atom stereocenters. The molecule has 1 aromatic rings. The first kappa shape index (κ1) is 19.2. The van der Waals surface area contributed by atoms with E-state index in [1.54, 1.807) is 6.20 Å². The molecule has 1 saturated heterocycles. The predicted molar refractivity (Wildman–Crippen MR) is 95.1 cm³/mol. The van der Waals surface area contributed by atoms with E-state index >= 15 is 0 Å². The van der Waals surface area contributed by atoms with Crippen LogP contribution in [-0.4, -0.2) is 58.0 Å². The van der Waals surface area contributed by atoms with Crippen LogP contribution in [0.2, 0.25) is 0 Å². The van der Waals surface area contributed by atoms with Gasteiger partial charge in [-0.1, -0.05) is 24.0 Å². The molecule has 9 nitrogen and oxygen atoms in total. The van der Waals surface area contributed by atoms with Gasteiger partial charge in [-0.2, -0.15) is 5.10 Å². The van der Waals surface area contributed by atoms with Crippen molar-refractivity contribution in [2.45, 2.75) is 24.9 Å². The van der Waals surface area contributed by atoms with Gasteiger partial charge in [-0.15, -0.1) is 0 Å². The molecule has 0 bridgehead atoms. The summed E-state index contributed by atoms with van der Waals surface area (Å²) in [4.78, 5) is 35.2. The molecule has 1 aliphatic rings. The van der Waals surface area contributed by atoms with Crippen LogP contribution in [0.15, 0.2) is 12.4 Å². The number of nitrogens with one attached hydrogen (secondary N) is 2. The number of carbonyl (C=O) groups excluding carboxylic acids is 3. The molecule has 1 aromatic heterocycles. The lowest BCUT2D eigenvalue weighted by Gasteiger charge is -2.15. The van der Waals surface area contributed by atoms with E-state index in [1.807, 2.05) is 0 Å². The molecule has 1 atom stereocenters. The number of thioether (sulfide) groups is 1. The SMILES string of the molecule is COC(=O)CC(CC(=O)OC)n1cc(NC(=O)C2CSC(=S)N2)cn1. The Hall–Kier alpha value is -2.14. The number of esters is 2. The monoisotopic (exact) mass is 386 g/mol. The van der Waals surface area contributed by atoms with E-state index in [0.29, 0.717) is 15.8 Å². The zero-order chi connectivity index (χ0) is 18.4. The molecule has 1 fully saturated rings. The van der Waals surface area contributed by atoms with Gasteiger partial charge in [0.1, 0.15) is 10.4 Å². The molecule has 136 valence electrons. The van der Waals surface area contributed by atoms with Crippen LogP contribution >= 0.6 is 24.0 Å². The Kier molecular flexibility index (Phi) is 6.76. The van der Waals surface area contributed by atoms with Gasteiger partial charge in [0.2, 0.25) is 5.91 Å². The molecule has 0 aliphatic carbocycles. The first-order chi connectivity index (χ1) is 11.9. The van der Waals surface area contributed by atoms with Gasteiger partial charge in [-0.05, 0) is 0 Å². The summed E-state index contributed by atoms with van der Waals surface area (Å²) in [6.07, 6.45) is 2.90. The van der Waals surface area contributed by atoms with Crippen molar-refractivity contribution in [3.63, 3.8) is 0 Å². The lowest BCUT2D eigenvalue weighted by molar-refractivity contribution is -0.144. The van der Waals surface area contributed by atoms with Crippen molar-refractivity contribution >= 4 is 51.8 Å². The first-order valence-electron chi connectivity index (χ1n) is 7.35. The van der Waals surface area contributed by atoms with Crippen LogP contribution in [0.5, 0.6) is 0 Å². The molecule has 0 spiro atoms. The summed E-state index contributed by atoms with van der Waals surface area (Å²) in [6, 6.07) is -0.972. The third-order valence-corrected chi connectivity index (χ3v) is 4.84. The summed E-state index contributed by atoms with van der Waals surface area (Å²) >= 11 is 6.40. The van der Waals surface area contributed by atoms with Crippen molar-refractivity contribution < 1.29 is 23.9 Å². The lowest BCUT2D eigenvalue weighted by atomic mass is 10.1. The zero-order valence-corrected chi connectivity index (χ0v) is 15.3. The third-order valence-electron chi connectivity index (χ3n) is 3.49. The molecule has 0 radical (unpaired) electrons. The Morgan fingerprint density at radius 1 is 1.40 bits per heavy atom. The fourth-order valence-electron chi connectivity index (χ4n) is 2.17. The first-order valence-corrected chi connectivity index (χ1v) is 8.74. The van der Waals surface area contributed by atoms with Crippen molar-refractivity contribution in [1.82, 2.24) is 15.1 Å². The van der Waals surface area contributed by atoms with Crippen molar-refractivity contribution in [3.8, 4) is 0 Å². The summed E-state index contributed by atoms with van der Waals surface area (Å²) in [5.41, 5.74) is 0.453. The van der Waals surface area contributed by atoms with Crippen molar-refractivity contribution in [2.24, 2.45) is 0 Å². The van der Waals surface area contributed by atoms with Gasteiger partial charge < -0.3 is 20.1 Å². The second kappa shape index (κ2) is 8.81. The van der Waals surface area contributed by atoms with Crippen LogP contribution < -0.4 is 10.6 Å². The minimum atomic E-state index is -0.571. The minimum Gasteiger partial charge on any atom is -0.469 e. The number of rotatable bonds is 7. The van der Waals surface area contributed by atoms with Gasteiger partial charge in [0.25, 0.3) is 0 Å². The molecule has 2 heterocycles. The number of carbonyl (C=O) groups is 3. The van der Waals surface area contributed by atoms with Crippen molar-refractivity contribution in [1.29, 1.82) is 0 Å². The maximum absolute atomic E-state index is 12.2. The maximum atomic E-state index is 12.2. The summed E-state index contributed by atoms with van der Waals surface area (Å²) in [5.74, 6) is -0.623. The highest BCUT2D eigenvalue weighted by Gasteiger charge is 2.27. The number of nitrogens with zero attached hydrogens (tertiary/aromatic N) is 2. The van der Waals surface area contributed by atoms with E-state index in [-0.39, 0.29) is 18.7 Å². The van der Waals surface area contributed by atoms with Gasteiger partial charge in [-0.3, -0.25) is 19.1 Å². The van der Waals surface area contributed by atoms with Crippen LogP contribution in [0, 0.1) is 0 Å². The highest BCUT2D eigenvalue weighted by molar-refractivity contribution is 8.23. The molecular weight excluding hydrogens is 368 g/mol. The van der Waals surface area contributed by atoms with E-state index < -0.39 is 24.0 Å². The largest absolute Gasteiger partial charge is 0.469 e. The number of hydrogen-bond donors (Lipinski definition) is 2.